The first kappa shape index (κ1) is 15.6. The zero-order valence-corrected chi connectivity index (χ0v) is 12.7. The Hall–Kier alpha value is -1.80. The number of hydrogen-bond donors (Lipinski definition) is 1. The summed E-state index contributed by atoms with van der Waals surface area (Å²) in [4.78, 5) is 19.6. The standard InChI is InChI=1S/C13H17N3O4S/c1-19-7-3-6-16-12-9(4-5-10(15-12)20-2)14-13(16)21-8-11(17)18/h4-5H,3,6-8H2,1-2H3,(H,17,18). The number of carboxylic acids is 1. The van der Waals surface area contributed by atoms with Crippen LogP contribution in [-0.2, 0) is 16.1 Å². The van der Waals surface area contributed by atoms with Gasteiger partial charge in [0.2, 0.25) is 5.88 Å². The average Bonchev–Trinajstić information content (AvgIpc) is 2.82. The first-order valence-electron chi connectivity index (χ1n) is 6.40. The first-order valence-corrected chi connectivity index (χ1v) is 7.39. The molecule has 114 valence electrons. The second kappa shape index (κ2) is 7.28. The molecule has 0 radical (unpaired) electrons. The predicted octanol–water partition coefficient (Wildman–Crippen LogP) is 1.65. The summed E-state index contributed by atoms with van der Waals surface area (Å²) in [6, 6.07) is 3.55. The smallest absolute Gasteiger partial charge is 0.313 e. The molecule has 7 nitrogen and oxygen atoms in total. The maximum absolute atomic E-state index is 10.7. The molecular formula is C13H17N3O4S. The first-order chi connectivity index (χ1) is 10.2. The molecule has 0 amide bonds. The Bertz CT molecular complexity index is 629. The Morgan fingerprint density at radius 1 is 1.38 bits per heavy atom. The molecule has 0 atom stereocenters. The summed E-state index contributed by atoms with van der Waals surface area (Å²) >= 11 is 1.18. The van der Waals surface area contributed by atoms with E-state index in [2.05, 4.69) is 9.97 Å². The van der Waals surface area contributed by atoms with Crippen molar-refractivity contribution in [1.29, 1.82) is 0 Å². The molecule has 2 aromatic rings. The number of ether oxygens (including phenoxy) is 2. The van der Waals surface area contributed by atoms with E-state index in [1.165, 1.54) is 11.8 Å². The zero-order chi connectivity index (χ0) is 15.2. The summed E-state index contributed by atoms with van der Waals surface area (Å²) in [5, 5.41) is 9.47. The third kappa shape index (κ3) is 3.85. The molecule has 8 heteroatoms. The Morgan fingerprint density at radius 2 is 2.19 bits per heavy atom. The van der Waals surface area contributed by atoms with Gasteiger partial charge in [-0.05, 0) is 12.5 Å². The van der Waals surface area contributed by atoms with E-state index in [4.69, 9.17) is 14.6 Å². The van der Waals surface area contributed by atoms with Crippen LogP contribution >= 0.6 is 11.8 Å². The van der Waals surface area contributed by atoms with Crippen molar-refractivity contribution in [2.45, 2.75) is 18.1 Å². The molecule has 0 fully saturated rings. The van der Waals surface area contributed by atoms with Crippen LogP contribution in [0.1, 0.15) is 6.42 Å². The minimum Gasteiger partial charge on any atom is -0.481 e. The number of nitrogens with zero attached hydrogens (tertiary/aromatic N) is 3. The fourth-order valence-electron chi connectivity index (χ4n) is 1.88. The minimum absolute atomic E-state index is 0.0370. The molecule has 0 aliphatic rings. The van der Waals surface area contributed by atoms with Crippen LogP contribution in [0, 0.1) is 0 Å². The van der Waals surface area contributed by atoms with E-state index in [9.17, 15) is 4.79 Å². The molecule has 21 heavy (non-hydrogen) atoms. The Balaban J connectivity index is 2.34. The van der Waals surface area contributed by atoms with Crippen LogP contribution < -0.4 is 4.74 Å². The Labute approximate surface area is 126 Å². The van der Waals surface area contributed by atoms with E-state index in [1.807, 2.05) is 10.6 Å². The number of aryl methyl sites for hydroxylation is 1. The van der Waals surface area contributed by atoms with Gasteiger partial charge in [0, 0.05) is 26.3 Å². The second-order valence-corrected chi connectivity index (χ2v) is 5.21. The van der Waals surface area contributed by atoms with Gasteiger partial charge in [-0.25, -0.2) is 4.98 Å². The van der Waals surface area contributed by atoms with Crippen molar-refractivity contribution in [1.82, 2.24) is 14.5 Å². The van der Waals surface area contributed by atoms with Gasteiger partial charge in [0.15, 0.2) is 10.8 Å². The highest BCUT2D eigenvalue weighted by Crippen LogP contribution is 2.25. The predicted molar refractivity (Wildman–Crippen MR) is 78.9 cm³/mol. The number of methoxy groups -OCH3 is 2. The SMILES string of the molecule is COCCCn1c(SCC(=O)O)nc2ccc(OC)nc21. The lowest BCUT2D eigenvalue weighted by molar-refractivity contribution is -0.133. The third-order valence-electron chi connectivity index (χ3n) is 2.80. The van der Waals surface area contributed by atoms with Gasteiger partial charge in [0.05, 0.1) is 12.9 Å². The van der Waals surface area contributed by atoms with Crippen molar-refractivity contribution < 1.29 is 19.4 Å². The molecule has 2 aromatic heterocycles. The number of carboxylic acid groups (broad SMARTS) is 1. The van der Waals surface area contributed by atoms with E-state index in [0.717, 1.165) is 11.9 Å². The molecule has 0 aromatic carbocycles. The summed E-state index contributed by atoms with van der Waals surface area (Å²) in [6.07, 6.45) is 0.793. The number of pyridine rings is 1. The van der Waals surface area contributed by atoms with Crippen LogP contribution in [0.3, 0.4) is 0 Å². The maximum atomic E-state index is 10.7. The molecule has 0 aliphatic heterocycles. The topological polar surface area (TPSA) is 86.5 Å². The molecule has 0 bridgehead atoms. The lowest BCUT2D eigenvalue weighted by Crippen LogP contribution is -2.06. The van der Waals surface area contributed by atoms with Gasteiger partial charge in [0.1, 0.15) is 5.52 Å². The Morgan fingerprint density at radius 3 is 2.86 bits per heavy atom. The fraction of sp³-hybridized carbons (Fsp3) is 0.462. The molecule has 1 N–H and O–H groups in total. The summed E-state index contributed by atoms with van der Waals surface area (Å²) in [6.45, 7) is 1.28. The number of carbonyl (C=O) groups is 1. The number of aliphatic carboxylic acids is 1. The van der Waals surface area contributed by atoms with Crippen LogP contribution in [-0.4, -0.2) is 52.2 Å². The van der Waals surface area contributed by atoms with Gasteiger partial charge in [-0.3, -0.25) is 4.79 Å². The number of fused-ring (bicyclic) bond motifs is 1. The fourth-order valence-corrected chi connectivity index (χ4v) is 2.63. The molecule has 2 heterocycles. The molecule has 0 saturated carbocycles. The van der Waals surface area contributed by atoms with E-state index >= 15 is 0 Å². The van der Waals surface area contributed by atoms with Gasteiger partial charge in [-0.15, -0.1) is 0 Å². The summed E-state index contributed by atoms with van der Waals surface area (Å²) in [7, 11) is 3.20. The highest BCUT2D eigenvalue weighted by atomic mass is 32.2. The lowest BCUT2D eigenvalue weighted by atomic mass is 10.4. The quantitative estimate of drug-likeness (QED) is 0.586. The van der Waals surface area contributed by atoms with Gasteiger partial charge >= 0.3 is 5.97 Å². The van der Waals surface area contributed by atoms with E-state index < -0.39 is 5.97 Å². The zero-order valence-electron chi connectivity index (χ0n) is 11.9. The van der Waals surface area contributed by atoms with Crippen molar-refractivity contribution in [3.8, 4) is 5.88 Å². The van der Waals surface area contributed by atoms with Gasteiger partial charge in [0.25, 0.3) is 0 Å². The highest BCUT2D eigenvalue weighted by Gasteiger charge is 2.14. The van der Waals surface area contributed by atoms with Crippen LogP contribution in [0.4, 0.5) is 0 Å². The monoisotopic (exact) mass is 311 g/mol. The second-order valence-electron chi connectivity index (χ2n) is 4.27. The van der Waals surface area contributed by atoms with Crippen molar-refractivity contribution in [2.24, 2.45) is 0 Å². The summed E-state index contributed by atoms with van der Waals surface area (Å²) < 4.78 is 12.1. The van der Waals surface area contributed by atoms with Crippen LogP contribution in [0.5, 0.6) is 5.88 Å². The van der Waals surface area contributed by atoms with Gasteiger partial charge in [-0.2, -0.15) is 4.98 Å². The van der Waals surface area contributed by atoms with Gasteiger partial charge < -0.3 is 19.1 Å². The molecular weight excluding hydrogens is 294 g/mol. The number of rotatable bonds is 8. The molecule has 0 aliphatic carbocycles. The summed E-state index contributed by atoms with van der Waals surface area (Å²) in [5.74, 6) is -0.406. The normalized spacial score (nSPS) is 11.0. The third-order valence-corrected chi connectivity index (χ3v) is 3.76. The van der Waals surface area contributed by atoms with Crippen molar-refractivity contribution in [3.63, 3.8) is 0 Å². The minimum atomic E-state index is -0.874. The van der Waals surface area contributed by atoms with Crippen molar-refractivity contribution in [3.05, 3.63) is 12.1 Å². The van der Waals surface area contributed by atoms with Crippen molar-refractivity contribution in [2.75, 3.05) is 26.6 Å². The number of thioether (sulfide) groups is 1. The maximum Gasteiger partial charge on any atom is 0.313 e. The molecule has 0 unspecified atom stereocenters. The largest absolute Gasteiger partial charge is 0.481 e. The molecule has 0 spiro atoms. The van der Waals surface area contributed by atoms with Crippen molar-refractivity contribution >= 4 is 28.9 Å². The number of imidazole rings is 1. The highest BCUT2D eigenvalue weighted by molar-refractivity contribution is 7.99. The van der Waals surface area contributed by atoms with E-state index in [1.54, 1.807) is 20.3 Å². The van der Waals surface area contributed by atoms with E-state index in [-0.39, 0.29) is 5.75 Å². The van der Waals surface area contributed by atoms with Crippen LogP contribution in [0.15, 0.2) is 17.3 Å². The van der Waals surface area contributed by atoms with Crippen LogP contribution in [0.2, 0.25) is 0 Å². The molecule has 0 saturated heterocycles. The number of hydrogen-bond acceptors (Lipinski definition) is 6. The van der Waals surface area contributed by atoms with Crippen LogP contribution in [0.25, 0.3) is 11.2 Å². The van der Waals surface area contributed by atoms with Gasteiger partial charge in [-0.1, -0.05) is 11.8 Å². The lowest BCUT2D eigenvalue weighted by Gasteiger charge is -2.07. The molecule has 2 rings (SSSR count). The Kier molecular flexibility index (Phi) is 5.40. The average molecular weight is 311 g/mol. The van der Waals surface area contributed by atoms with E-state index in [0.29, 0.717) is 29.8 Å². The summed E-state index contributed by atoms with van der Waals surface area (Å²) in [5.41, 5.74) is 1.42. The number of aromatic nitrogens is 3.